The largest absolute Gasteiger partial charge is 0.454 e. The molecule has 3 N–H and O–H groups in total. The minimum atomic E-state index is -0.570. The SMILES string of the molecule is CC(Sc1cccc(NC(=O)/C(=C/c2ccc(F)cc2)NC(=O)c2ccccc2)c1)C(=O)Nc1ccc2c(c1)OCO2. The minimum Gasteiger partial charge on any atom is -0.454 e. The lowest BCUT2D eigenvalue weighted by molar-refractivity contribution is -0.115. The quantitative estimate of drug-likeness (QED) is 0.163. The molecule has 0 spiro atoms. The molecule has 8 nitrogen and oxygen atoms in total. The number of benzene rings is 4. The van der Waals surface area contributed by atoms with E-state index in [1.165, 1.54) is 42.1 Å². The van der Waals surface area contributed by atoms with Crippen molar-refractivity contribution >= 4 is 46.9 Å². The van der Waals surface area contributed by atoms with Crippen molar-refractivity contribution in [3.05, 3.63) is 120 Å². The van der Waals surface area contributed by atoms with Gasteiger partial charge in [-0.2, -0.15) is 0 Å². The zero-order chi connectivity index (χ0) is 29.5. The second kappa shape index (κ2) is 13.0. The van der Waals surface area contributed by atoms with Crippen molar-refractivity contribution < 1.29 is 28.2 Å². The van der Waals surface area contributed by atoms with E-state index in [4.69, 9.17) is 9.47 Å². The highest BCUT2D eigenvalue weighted by Crippen LogP contribution is 2.34. The zero-order valence-corrected chi connectivity index (χ0v) is 23.2. The summed E-state index contributed by atoms with van der Waals surface area (Å²) in [5.41, 5.74) is 1.94. The van der Waals surface area contributed by atoms with Gasteiger partial charge in [0.25, 0.3) is 11.8 Å². The van der Waals surface area contributed by atoms with Crippen molar-refractivity contribution in [1.82, 2.24) is 5.32 Å². The van der Waals surface area contributed by atoms with Crippen LogP contribution in [0.3, 0.4) is 0 Å². The topological polar surface area (TPSA) is 106 Å². The highest BCUT2D eigenvalue weighted by atomic mass is 32.2. The van der Waals surface area contributed by atoms with Crippen LogP contribution in [-0.4, -0.2) is 29.8 Å². The molecule has 4 aromatic carbocycles. The van der Waals surface area contributed by atoms with Crippen LogP contribution in [-0.2, 0) is 9.59 Å². The van der Waals surface area contributed by atoms with Crippen LogP contribution in [0, 0.1) is 5.82 Å². The Balaban J connectivity index is 1.27. The molecular formula is C32H26FN3O5S. The van der Waals surface area contributed by atoms with Crippen LogP contribution in [0.15, 0.2) is 108 Å². The molecule has 1 atom stereocenters. The first-order valence-electron chi connectivity index (χ1n) is 13.0. The summed E-state index contributed by atoms with van der Waals surface area (Å²) in [5.74, 6) is -0.458. The molecule has 1 aliphatic heterocycles. The van der Waals surface area contributed by atoms with Gasteiger partial charge in [-0.3, -0.25) is 14.4 Å². The number of carbonyl (C=O) groups excluding carboxylic acids is 3. The van der Waals surface area contributed by atoms with E-state index in [9.17, 15) is 18.8 Å². The lowest BCUT2D eigenvalue weighted by Crippen LogP contribution is -2.30. The summed E-state index contributed by atoms with van der Waals surface area (Å²) in [6.45, 7) is 1.93. The molecule has 0 saturated heterocycles. The number of halogens is 1. The van der Waals surface area contributed by atoms with Crippen LogP contribution in [0.1, 0.15) is 22.8 Å². The number of rotatable bonds is 9. The van der Waals surface area contributed by atoms with Gasteiger partial charge in [0.1, 0.15) is 11.5 Å². The fourth-order valence-corrected chi connectivity index (χ4v) is 4.92. The number of anilines is 2. The van der Waals surface area contributed by atoms with E-state index in [1.54, 1.807) is 73.7 Å². The first-order chi connectivity index (χ1) is 20.3. The first kappa shape index (κ1) is 28.4. The summed E-state index contributed by atoms with van der Waals surface area (Å²) >= 11 is 1.32. The Hall–Kier alpha value is -5.09. The molecule has 0 aromatic heterocycles. The lowest BCUT2D eigenvalue weighted by atomic mass is 10.1. The highest BCUT2D eigenvalue weighted by Gasteiger charge is 2.19. The van der Waals surface area contributed by atoms with Crippen LogP contribution in [0.25, 0.3) is 6.08 Å². The third-order valence-electron chi connectivity index (χ3n) is 6.12. The summed E-state index contributed by atoms with van der Waals surface area (Å²) in [6.07, 6.45) is 1.47. The Labute approximate surface area is 245 Å². The molecule has 4 aromatic rings. The van der Waals surface area contributed by atoms with E-state index in [0.717, 1.165) is 4.90 Å². The van der Waals surface area contributed by atoms with E-state index in [1.807, 2.05) is 6.07 Å². The molecule has 0 fully saturated rings. The predicted octanol–water partition coefficient (Wildman–Crippen LogP) is 6.08. The third kappa shape index (κ3) is 7.35. The van der Waals surface area contributed by atoms with Gasteiger partial charge in [0.2, 0.25) is 12.7 Å². The van der Waals surface area contributed by atoms with Crippen LogP contribution in [0.5, 0.6) is 11.5 Å². The summed E-state index contributed by atoms with van der Waals surface area (Å²) in [5, 5.41) is 7.88. The monoisotopic (exact) mass is 583 g/mol. The molecule has 3 amide bonds. The minimum absolute atomic E-state index is 0.0232. The molecule has 0 aliphatic carbocycles. The van der Waals surface area contributed by atoms with Gasteiger partial charge in [0.15, 0.2) is 11.5 Å². The van der Waals surface area contributed by atoms with Crippen LogP contribution in [0.4, 0.5) is 15.8 Å². The molecule has 0 radical (unpaired) electrons. The summed E-state index contributed by atoms with van der Waals surface area (Å²) in [4.78, 5) is 39.7. The maximum absolute atomic E-state index is 13.4. The van der Waals surface area contributed by atoms with Crippen molar-refractivity contribution in [2.75, 3.05) is 17.4 Å². The average molecular weight is 584 g/mol. The number of amides is 3. The average Bonchev–Trinajstić information content (AvgIpc) is 3.46. The summed E-state index contributed by atoms with van der Waals surface area (Å²) < 4.78 is 24.1. The molecule has 10 heteroatoms. The number of fused-ring (bicyclic) bond motifs is 1. The molecule has 1 aliphatic rings. The van der Waals surface area contributed by atoms with Gasteiger partial charge < -0.3 is 25.4 Å². The predicted molar refractivity (Wildman–Crippen MR) is 160 cm³/mol. The van der Waals surface area contributed by atoms with E-state index < -0.39 is 22.9 Å². The number of ether oxygens (including phenoxy) is 2. The van der Waals surface area contributed by atoms with E-state index >= 15 is 0 Å². The fraction of sp³-hybridized carbons (Fsp3) is 0.0938. The number of nitrogens with one attached hydrogen (secondary N) is 3. The zero-order valence-electron chi connectivity index (χ0n) is 22.4. The summed E-state index contributed by atoms with van der Waals surface area (Å²) in [6, 6.07) is 26.3. The molecule has 0 saturated carbocycles. The molecule has 212 valence electrons. The Bertz CT molecular complexity index is 1640. The van der Waals surface area contributed by atoms with Gasteiger partial charge in [0.05, 0.1) is 5.25 Å². The Kier molecular flexibility index (Phi) is 8.84. The lowest BCUT2D eigenvalue weighted by Gasteiger charge is -2.14. The van der Waals surface area contributed by atoms with Gasteiger partial charge in [-0.25, -0.2) is 4.39 Å². The molecule has 0 bridgehead atoms. The maximum Gasteiger partial charge on any atom is 0.272 e. The summed E-state index contributed by atoms with van der Waals surface area (Å²) in [7, 11) is 0. The van der Waals surface area contributed by atoms with Crippen molar-refractivity contribution in [2.45, 2.75) is 17.1 Å². The van der Waals surface area contributed by atoms with Crippen molar-refractivity contribution in [3.63, 3.8) is 0 Å². The standard InChI is InChI=1S/C32H26FN3O5S/c1-20(30(37)34-25-14-15-28-29(18-25)41-19-40-28)42-26-9-5-8-24(17-26)35-32(39)27(16-21-10-12-23(33)13-11-21)36-31(38)22-6-3-2-4-7-22/h2-18,20H,19H2,1H3,(H,34,37)(H,35,39)(H,36,38)/b27-16-. The van der Waals surface area contributed by atoms with Gasteiger partial charge in [-0.05, 0) is 73.2 Å². The third-order valence-corrected chi connectivity index (χ3v) is 7.22. The Morgan fingerprint density at radius 1 is 0.833 bits per heavy atom. The van der Waals surface area contributed by atoms with E-state index in [-0.39, 0.29) is 18.4 Å². The van der Waals surface area contributed by atoms with Crippen molar-refractivity contribution in [3.8, 4) is 11.5 Å². The molecular weight excluding hydrogens is 557 g/mol. The second-order valence-corrected chi connectivity index (χ2v) is 10.6. The van der Waals surface area contributed by atoms with E-state index in [2.05, 4.69) is 16.0 Å². The molecule has 1 heterocycles. The van der Waals surface area contributed by atoms with Crippen LogP contribution >= 0.6 is 11.8 Å². The second-order valence-electron chi connectivity index (χ2n) is 9.23. The molecule has 42 heavy (non-hydrogen) atoms. The van der Waals surface area contributed by atoms with Gasteiger partial charge in [0, 0.05) is 27.9 Å². The van der Waals surface area contributed by atoms with Crippen LogP contribution < -0.4 is 25.4 Å². The number of hydrogen-bond donors (Lipinski definition) is 3. The number of thioether (sulfide) groups is 1. The van der Waals surface area contributed by atoms with Crippen LogP contribution in [0.2, 0.25) is 0 Å². The normalized spacial score (nSPS) is 12.8. The highest BCUT2D eigenvalue weighted by molar-refractivity contribution is 8.00. The number of hydrogen-bond acceptors (Lipinski definition) is 6. The fourth-order valence-electron chi connectivity index (χ4n) is 3.99. The Morgan fingerprint density at radius 3 is 2.36 bits per heavy atom. The van der Waals surface area contributed by atoms with Gasteiger partial charge >= 0.3 is 0 Å². The number of carbonyl (C=O) groups is 3. The molecule has 5 rings (SSSR count). The van der Waals surface area contributed by atoms with Crippen molar-refractivity contribution in [1.29, 1.82) is 0 Å². The smallest absolute Gasteiger partial charge is 0.272 e. The maximum atomic E-state index is 13.4. The van der Waals surface area contributed by atoms with Gasteiger partial charge in [-0.1, -0.05) is 36.4 Å². The van der Waals surface area contributed by atoms with Gasteiger partial charge in [-0.15, -0.1) is 11.8 Å². The van der Waals surface area contributed by atoms with Crippen molar-refractivity contribution in [2.24, 2.45) is 0 Å². The molecule has 1 unspecified atom stereocenters. The van der Waals surface area contributed by atoms with E-state index in [0.29, 0.717) is 34.0 Å². The first-order valence-corrected chi connectivity index (χ1v) is 13.8. The Morgan fingerprint density at radius 2 is 1.57 bits per heavy atom.